The maximum absolute atomic E-state index is 13.0. The molecule has 1 N–H and O–H groups in total. The number of fused-ring (bicyclic) bond motifs is 1. The standard InChI is InChI=1S/C16H13FN6O2S/c1-22-16-11(7-19-22)3-2-4-14(16)21-26(24,25)13-5-6-15(18-9-13)23-10-12(17)8-20-23/h2-10,21H,1H3. The fourth-order valence-corrected chi connectivity index (χ4v) is 3.62. The van der Waals surface area contributed by atoms with E-state index < -0.39 is 15.8 Å². The number of aryl methyl sites for hydroxylation is 1. The summed E-state index contributed by atoms with van der Waals surface area (Å²) >= 11 is 0. The highest BCUT2D eigenvalue weighted by Gasteiger charge is 2.17. The van der Waals surface area contributed by atoms with Crippen molar-refractivity contribution in [3.8, 4) is 5.82 Å². The SMILES string of the molecule is Cn1ncc2cccc(NS(=O)(=O)c3ccc(-n4cc(F)cn4)nc3)c21. The Hall–Kier alpha value is -3.27. The normalized spacial score (nSPS) is 11.8. The van der Waals surface area contributed by atoms with Crippen LogP contribution in [0, 0.1) is 5.82 Å². The molecule has 4 rings (SSSR count). The average molecular weight is 372 g/mol. The Bertz CT molecular complexity index is 1200. The van der Waals surface area contributed by atoms with Gasteiger partial charge in [-0.05, 0) is 18.2 Å². The van der Waals surface area contributed by atoms with Crippen LogP contribution in [0.5, 0.6) is 0 Å². The Balaban J connectivity index is 1.67. The smallest absolute Gasteiger partial charge is 0.263 e. The number of aromatic nitrogens is 5. The first-order chi connectivity index (χ1) is 12.4. The maximum atomic E-state index is 13.0. The number of nitrogens with one attached hydrogen (secondary N) is 1. The number of halogens is 1. The lowest BCUT2D eigenvalue weighted by Crippen LogP contribution is -2.14. The highest BCUT2D eigenvalue weighted by molar-refractivity contribution is 7.92. The van der Waals surface area contributed by atoms with Gasteiger partial charge in [0.2, 0.25) is 0 Å². The van der Waals surface area contributed by atoms with Crippen molar-refractivity contribution >= 4 is 26.6 Å². The lowest BCUT2D eigenvalue weighted by Gasteiger charge is -2.10. The quantitative estimate of drug-likeness (QED) is 0.592. The molecule has 132 valence electrons. The van der Waals surface area contributed by atoms with Gasteiger partial charge in [0.15, 0.2) is 11.6 Å². The number of hydrogen-bond acceptors (Lipinski definition) is 5. The summed E-state index contributed by atoms with van der Waals surface area (Å²) in [5.41, 5.74) is 1.09. The van der Waals surface area contributed by atoms with Crippen LogP contribution >= 0.6 is 0 Å². The van der Waals surface area contributed by atoms with Crippen molar-refractivity contribution in [2.24, 2.45) is 7.05 Å². The van der Waals surface area contributed by atoms with Crippen LogP contribution in [0.4, 0.5) is 10.1 Å². The van der Waals surface area contributed by atoms with Gasteiger partial charge in [-0.3, -0.25) is 9.40 Å². The molecular formula is C16H13FN6O2S. The molecule has 26 heavy (non-hydrogen) atoms. The van der Waals surface area contributed by atoms with E-state index in [-0.39, 0.29) is 4.90 Å². The molecule has 10 heteroatoms. The second-order valence-corrected chi connectivity index (χ2v) is 7.25. The van der Waals surface area contributed by atoms with E-state index in [1.165, 1.54) is 23.0 Å². The predicted molar refractivity (Wildman–Crippen MR) is 92.8 cm³/mol. The van der Waals surface area contributed by atoms with E-state index in [2.05, 4.69) is 19.9 Å². The number of nitrogens with zero attached hydrogens (tertiary/aromatic N) is 5. The van der Waals surface area contributed by atoms with Crippen LogP contribution in [0.25, 0.3) is 16.7 Å². The number of para-hydroxylation sites is 1. The minimum Gasteiger partial charge on any atom is -0.277 e. The molecule has 0 bridgehead atoms. The van der Waals surface area contributed by atoms with Gasteiger partial charge >= 0.3 is 0 Å². The molecule has 0 radical (unpaired) electrons. The average Bonchev–Trinajstić information content (AvgIpc) is 3.22. The maximum Gasteiger partial charge on any atom is 0.263 e. The lowest BCUT2D eigenvalue weighted by atomic mass is 10.2. The highest BCUT2D eigenvalue weighted by atomic mass is 32.2. The first-order valence-electron chi connectivity index (χ1n) is 7.54. The van der Waals surface area contributed by atoms with Gasteiger partial charge in [0.05, 0.1) is 29.8 Å². The van der Waals surface area contributed by atoms with E-state index in [0.29, 0.717) is 17.0 Å². The molecule has 0 unspecified atom stereocenters. The predicted octanol–water partition coefficient (Wildman–Crippen LogP) is 2.09. The number of sulfonamides is 1. The van der Waals surface area contributed by atoms with Crippen molar-refractivity contribution in [2.45, 2.75) is 4.90 Å². The monoisotopic (exact) mass is 372 g/mol. The first-order valence-corrected chi connectivity index (χ1v) is 9.02. The number of benzene rings is 1. The van der Waals surface area contributed by atoms with Gasteiger partial charge in [0.25, 0.3) is 10.0 Å². The third-order valence-electron chi connectivity index (χ3n) is 3.82. The van der Waals surface area contributed by atoms with Gasteiger partial charge in [0.1, 0.15) is 4.90 Å². The zero-order valence-electron chi connectivity index (χ0n) is 13.5. The van der Waals surface area contributed by atoms with Crippen LogP contribution < -0.4 is 4.72 Å². The number of anilines is 1. The second-order valence-electron chi connectivity index (χ2n) is 5.57. The van der Waals surface area contributed by atoms with Crippen LogP contribution in [0.15, 0.2) is 60.0 Å². The fraction of sp³-hybridized carbons (Fsp3) is 0.0625. The molecule has 0 fully saturated rings. The highest BCUT2D eigenvalue weighted by Crippen LogP contribution is 2.25. The molecule has 0 saturated carbocycles. The molecule has 0 aliphatic rings. The van der Waals surface area contributed by atoms with Gasteiger partial charge in [0, 0.05) is 18.6 Å². The van der Waals surface area contributed by atoms with Crippen LogP contribution in [0.1, 0.15) is 0 Å². The zero-order valence-corrected chi connectivity index (χ0v) is 14.4. The molecule has 8 nitrogen and oxygen atoms in total. The van der Waals surface area contributed by atoms with Crippen molar-refractivity contribution in [3.05, 3.63) is 60.9 Å². The molecule has 3 heterocycles. The van der Waals surface area contributed by atoms with Crippen LogP contribution in [-0.4, -0.2) is 33.0 Å². The summed E-state index contributed by atoms with van der Waals surface area (Å²) in [7, 11) is -2.11. The molecule has 0 saturated heterocycles. The van der Waals surface area contributed by atoms with E-state index in [1.807, 2.05) is 6.07 Å². The molecule has 0 amide bonds. The third kappa shape index (κ3) is 2.80. The topological polar surface area (TPSA) is 94.7 Å². The van der Waals surface area contributed by atoms with Gasteiger partial charge < -0.3 is 0 Å². The molecule has 3 aromatic heterocycles. The van der Waals surface area contributed by atoms with Crippen LogP contribution in [0.3, 0.4) is 0 Å². The number of rotatable bonds is 4. The Morgan fingerprint density at radius 1 is 1.08 bits per heavy atom. The van der Waals surface area contributed by atoms with E-state index in [1.54, 1.807) is 30.1 Å². The Morgan fingerprint density at radius 2 is 1.92 bits per heavy atom. The molecule has 0 aliphatic carbocycles. The fourth-order valence-electron chi connectivity index (χ4n) is 2.61. The molecule has 0 aliphatic heterocycles. The number of hydrogen-bond donors (Lipinski definition) is 1. The van der Waals surface area contributed by atoms with E-state index >= 15 is 0 Å². The lowest BCUT2D eigenvalue weighted by molar-refractivity contribution is 0.600. The molecule has 0 atom stereocenters. The van der Waals surface area contributed by atoms with Gasteiger partial charge in [-0.1, -0.05) is 12.1 Å². The summed E-state index contributed by atoms with van der Waals surface area (Å²) in [5.74, 6) is -0.198. The van der Waals surface area contributed by atoms with E-state index in [4.69, 9.17) is 0 Å². The second kappa shape index (κ2) is 5.92. The van der Waals surface area contributed by atoms with Gasteiger partial charge in [-0.2, -0.15) is 10.2 Å². The van der Waals surface area contributed by atoms with Crippen molar-refractivity contribution in [2.75, 3.05) is 4.72 Å². The summed E-state index contributed by atoms with van der Waals surface area (Å²) in [5, 5.41) is 8.74. The Labute approximate surface area is 148 Å². The van der Waals surface area contributed by atoms with Crippen molar-refractivity contribution in [3.63, 3.8) is 0 Å². The Morgan fingerprint density at radius 3 is 2.62 bits per heavy atom. The number of pyridine rings is 1. The molecular weight excluding hydrogens is 359 g/mol. The van der Waals surface area contributed by atoms with Gasteiger partial charge in [-0.15, -0.1) is 0 Å². The molecule has 0 spiro atoms. The summed E-state index contributed by atoms with van der Waals surface area (Å²) in [6.45, 7) is 0. The zero-order chi connectivity index (χ0) is 18.3. The molecule has 1 aromatic carbocycles. The van der Waals surface area contributed by atoms with E-state index in [9.17, 15) is 12.8 Å². The summed E-state index contributed by atoms with van der Waals surface area (Å²) in [4.78, 5) is 4.02. The minimum atomic E-state index is -3.85. The van der Waals surface area contributed by atoms with Crippen molar-refractivity contribution in [1.29, 1.82) is 0 Å². The first kappa shape index (κ1) is 16.2. The summed E-state index contributed by atoms with van der Waals surface area (Å²) < 4.78 is 43.7. The summed E-state index contributed by atoms with van der Waals surface area (Å²) in [6, 6.07) is 8.09. The molecule has 4 aromatic rings. The minimum absolute atomic E-state index is 0.0203. The van der Waals surface area contributed by atoms with Crippen LogP contribution in [-0.2, 0) is 17.1 Å². The summed E-state index contributed by atoms with van der Waals surface area (Å²) in [6.07, 6.45) is 5.05. The van der Waals surface area contributed by atoms with Gasteiger partial charge in [-0.25, -0.2) is 22.5 Å². The van der Waals surface area contributed by atoms with E-state index in [0.717, 1.165) is 17.8 Å². The third-order valence-corrected chi connectivity index (χ3v) is 5.17. The van der Waals surface area contributed by atoms with Crippen LogP contribution in [0.2, 0.25) is 0 Å². The van der Waals surface area contributed by atoms with Crippen molar-refractivity contribution in [1.82, 2.24) is 24.5 Å². The van der Waals surface area contributed by atoms with Crippen molar-refractivity contribution < 1.29 is 12.8 Å². The largest absolute Gasteiger partial charge is 0.277 e. The Kier molecular flexibility index (Phi) is 3.69.